The van der Waals surface area contributed by atoms with Gasteiger partial charge in [-0.1, -0.05) is 43.2 Å². The van der Waals surface area contributed by atoms with Gasteiger partial charge in [0.1, 0.15) is 0 Å². The van der Waals surface area contributed by atoms with Crippen LogP contribution in [0.4, 0.5) is 5.69 Å². The topological polar surface area (TPSA) is 86.8 Å². The van der Waals surface area contributed by atoms with Gasteiger partial charge in [-0.15, -0.1) is 0 Å². The summed E-state index contributed by atoms with van der Waals surface area (Å²) < 4.78 is 27.4. The number of carbonyl (C=O) groups is 2. The smallest absolute Gasteiger partial charge is 0.255 e. The highest BCUT2D eigenvalue weighted by molar-refractivity contribution is 7.89. The van der Waals surface area contributed by atoms with Crippen LogP contribution in [-0.2, 0) is 14.8 Å². The molecule has 1 N–H and O–H groups in total. The van der Waals surface area contributed by atoms with Crippen molar-refractivity contribution >= 4 is 27.5 Å². The Morgan fingerprint density at radius 1 is 0.818 bits per heavy atom. The largest absolute Gasteiger partial charge is 0.339 e. The van der Waals surface area contributed by atoms with E-state index in [2.05, 4.69) is 5.32 Å². The quantitative estimate of drug-likeness (QED) is 0.723. The minimum atomic E-state index is -3.65. The number of likely N-dealkylation sites (tertiary alicyclic amines) is 1. The molecule has 176 valence electrons. The van der Waals surface area contributed by atoms with E-state index in [0.717, 1.165) is 38.8 Å². The molecule has 2 amide bonds. The van der Waals surface area contributed by atoms with Crippen molar-refractivity contribution in [3.63, 3.8) is 0 Å². The molecule has 0 spiro atoms. The van der Waals surface area contributed by atoms with E-state index in [1.807, 2.05) is 4.90 Å². The van der Waals surface area contributed by atoms with Gasteiger partial charge in [-0.3, -0.25) is 9.59 Å². The first-order chi connectivity index (χ1) is 16.0. The summed E-state index contributed by atoms with van der Waals surface area (Å²) in [6.07, 6.45) is 5.47. The van der Waals surface area contributed by atoms with Crippen molar-refractivity contribution in [2.24, 2.45) is 5.92 Å². The third kappa shape index (κ3) is 5.45. The van der Waals surface area contributed by atoms with Gasteiger partial charge in [0, 0.05) is 26.2 Å². The van der Waals surface area contributed by atoms with Gasteiger partial charge in [0.2, 0.25) is 15.9 Å². The van der Waals surface area contributed by atoms with Gasteiger partial charge < -0.3 is 10.2 Å². The van der Waals surface area contributed by atoms with Crippen LogP contribution in [0.15, 0.2) is 59.5 Å². The molecule has 8 heteroatoms. The molecule has 2 aliphatic heterocycles. The Kier molecular flexibility index (Phi) is 7.45. The van der Waals surface area contributed by atoms with Crippen molar-refractivity contribution in [2.75, 3.05) is 31.5 Å². The average Bonchev–Trinajstić information content (AvgIpc) is 3.14. The van der Waals surface area contributed by atoms with Gasteiger partial charge in [-0.2, -0.15) is 4.31 Å². The molecule has 2 aromatic carbocycles. The number of piperidine rings is 1. The van der Waals surface area contributed by atoms with Crippen LogP contribution >= 0.6 is 0 Å². The molecule has 33 heavy (non-hydrogen) atoms. The van der Waals surface area contributed by atoms with Crippen LogP contribution in [0.25, 0.3) is 0 Å². The van der Waals surface area contributed by atoms with Crippen LogP contribution in [0, 0.1) is 5.92 Å². The Balaban J connectivity index is 1.47. The molecule has 1 unspecified atom stereocenters. The summed E-state index contributed by atoms with van der Waals surface area (Å²) in [5.74, 6) is -0.789. The number of sulfonamides is 1. The number of carbonyl (C=O) groups excluding carboxylic acids is 2. The number of hydrogen-bond donors (Lipinski definition) is 1. The highest BCUT2D eigenvalue weighted by Gasteiger charge is 2.33. The fourth-order valence-electron chi connectivity index (χ4n) is 4.57. The Hall–Kier alpha value is -2.71. The van der Waals surface area contributed by atoms with Crippen molar-refractivity contribution in [1.29, 1.82) is 0 Å². The van der Waals surface area contributed by atoms with Crippen molar-refractivity contribution in [3.8, 4) is 0 Å². The highest BCUT2D eigenvalue weighted by atomic mass is 32.2. The number of hydrogen-bond acceptors (Lipinski definition) is 4. The molecule has 4 rings (SSSR count). The Morgan fingerprint density at radius 2 is 1.48 bits per heavy atom. The molecule has 0 radical (unpaired) electrons. The molecule has 0 aromatic heterocycles. The van der Waals surface area contributed by atoms with E-state index in [4.69, 9.17) is 0 Å². The third-order valence-electron chi connectivity index (χ3n) is 6.44. The van der Waals surface area contributed by atoms with E-state index >= 15 is 0 Å². The minimum Gasteiger partial charge on any atom is -0.339 e. The molecule has 1 atom stereocenters. The second-order valence-electron chi connectivity index (χ2n) is 8.76. The molecule has 7 nitrogen and oxygen atoms in total. The SMILES string of the molecule is O=C(Nc1ccccc1C(=O)N1CCCCCC1)C1CCCN(S(=O)(=O)c2ccccc2)C1. The van der Waals surface area contributed by atoms with Gasteiger partial charge >= 0.3 is 0 Å². The molecule has 0 aliphatic carbocycles. The number of nitrogens with zero attached hydrogens (tertiary/aromatic N) is 2. The minimum absolute atomic E-state index is 0.0651. The summed E-state index contributed by atoms with van der Waals surface area (Å²) in [7, 11) is -3.65. The first kappa shape index (κ1) is 23.4. The highest BCUT2D eigenvalue weighted by Crippen LogP contribution is 2.26. The van der Waals surface area contributed by atoms with Crippen LogP contribution in [-0.4, -0.2) is 55.6 Å². The van der Waals surface area contributed by atoms with Crippen molar-refractivity contribution in [1.82, 2.24) is 9.21 Å². The van der Waals surface area contributed by atoms with Gasteiger partial charge in [-0.05, 0) is 49.9 Å². The fraction of sp³-hybridized carbons (Fsp3) is 0.440. The van der Waals surface area contributed by atoms with Crippen LogP contribution in [0.5, 0.6) is 0 Å². The molecule has 2 aliphatic rings. The van der Waals surface area contributed by atoms with Crippen molar-refractivity contribution in [3.05, 3.63) is 60.2 Å². The summed E-state index contributed by atoms with van der Waals surface area (Å²) in [6, 6.07) is 15.4. The first-order valence-electron chi connectivity index (χ1n) is 11.7. The Morgan fingerprint density at radius 3 is 2.21 bits per heavy atom. The van der Waals surface area contributed by atoms with Gasteiger partial charge in [-0.25, -0.2) is 8.42 Å². The monoisotopic (exact) mass is 469 g/mol. The maximum absolute atomic E-state index is 13.2. The molecular weight excluding hydrogens is 438 g/mol. The lowest BCUT2D eigenvalue weighted by molar-refractivity contribution is -0.120. The van der Waals surface area contributed by atoms with Crippen molar-refractivity contribution in [2.45, 2.75) is 43.4 Å². The zero-order valence-electron chi connectivity index (χ0n) is 18.8. The lowest BCUT2D eigenvalue weighted by atomic mass is 9.98. The molecule has 0 saturated carbocycles. The average molecular weight is 470 g/mol. The molecule has 2 fully saturated rings. The predicted octanol–water partition coefficient (Wildman–Crippen LogP) is 3.74. The van der Waals surface area contributed by atoms with Crippen LogP contribution in [0.2, 0.25) is 0 Å². The van der Waals surface area contributed by atoms with E-state index in [9.17, 15) is 18.0 Å². The molecule has 2 aromatic rings. The first-order valence-corrected chi connectivity index (χ1v) is 13.2. The number of benzene rings is 2. The second kappa shape index (κ2) is 10.5. The Bertz CT molecular complexity index is 1080. The summed E-state index contributed by atoms with van der Waals surface area (Å²) in [4.78, 5) is 28.4. The van der Waals surface area contributed by atoms with Crippen LogP contribution in [0.1, 0.15) is 48.9 Å². The Labute approximate surface area is 195 Å². The number of anilines is 1. The molecule has 0 bridgehead atoms. The second-order valence-corrected chi connectivity index (χ2v) is 10.7. The maximum atomic E-state index is 13.2. The van der Waals surface area contributed by atoms with E-state index in [0.29, 0.717) is 30.6 Å². The number of para-hydroxylation sites is 1. The van der Waals surface area contributed by atoms with E-state index in [-0.39, 0.29) is 23.3 Å². The van der Waals surface area contributed by atoms with E-state index in [1.54, 1.807) is 54.6 Å². The van der Waals surface area contributed by atoms with E-state index < -0.39 is 15.9 Å². The normalized spacial score (nSPS) is 20.1. The summed E-state index contributed by atoms with van der Waals surface area (Å²) in [6.45, 7) is 1.99. The number of amides is 2. The third-order valence-corrected chi connectivity index (χ3v) is 8.32. The van der Waals surface area contributed by atoms with Crippen molar-refractivity contribution < 1.29 is 18.0 Å². The van der Waals surface area contributed by atoms with Crippen LogP contribution in [0.3, 0.4) is 0 Å². The standard InChI is InChI=1S/C25H31N3O4S/c29-24(20-11-10-18-28(19-20)33(31,32)21-12-4-3-5-13-21)26-23-15-7-6-14-22(23)25(30)27-16-8-1-2-9-17-27/h3-7,12-15,20H,1-2,8-11,16-19H2,(H,26,29). The number of nitrogens with one attached hydrogen (secondary N) is 1. The van der Waals surface area contributed by atoms with Gasteiger partial charge in [0.25, 0.3) is 5.91 Å². The summed E-state index contributed by atoms with van der Waals surface area (Å²) in [5, 5.41) is 2.92. The molecular formula is C25H31N3O4S. The summed E-state index contributed by atoms with van der Waals surface area (Å²) >= 11 is 0. The fourth-order valence-corrected chi connectivity index (χ4v) is 6.12. The summed E-state index contributed by atoms with van der Waals surface area (Å²) in [5.41, 5.74) is 0.970. The maximum Gasteiger partial charge on any atom is 0.255 e. The molecule has 2 saturated heterocycles. The van der Waals surface area contributed by atoms with Gasteiger partial charge in [0.05, 0.1) is 22.1 Å². The lowest BCUT2D eigenvalue weighted by Crippen LogP contribution is -2.43. The van der Waals surface area contributed by atoms with Gasteiger partial charge in [0.15, 0.2) is 0 Å². The number of rotatable bonds is 5. The zero-order valence-corrected chi connectivity index (χ0v) is 19.6. The zero-order chi connectivity index (χ0) is 23.3. The van der Waals surface area contributed by atoms with E-state index in [1.165, 1.54) is 4.31 Å². The lowest BCUT2D eigenvalue weighted by Gasteiger charge is -2.31. The van der Waals surface area contributed by atoms with Crippen LogP contribution < -0.4 is 5.32 Å². The molecule has 2 heterocycles. The predicted molar refractivity (Wildman–Crippen MR) is 127 cm³/mol.